The molecule has 20 heteroatoms. The molecule has 5 atom stereocenters. The number of aromatic nitrogens is 4. The van der Waals surface area contributed by atoms with Crippen LogP contribution in [0, 0.1) is 33.1 Å². The van der Waals surface area contributed by atoms with E-state index in [2.05, 4.69) is 38.1 Å². The number of likely N-dealkylation sites (tertiary alicyclic amines) is 1. The number of amides is 4. The predicted molar refractivity (Wildman–Crippen MR) is 306 cm³/mol. The number of hydrogen-bond acceptors (Lipinski definition) is 14. The Morgan fingerprint density at radius 2 is 1.54 bits per heavy atom. The first-order valence-corrected chi connectivity index (χ1v) is 28.0. The van der Waals surface area contributed by atoms with Gasteiger partial charge < -0.3 is 40.2 Å². The summed E-state index contributed by atoms with van der Waals surface area (Å²) in [5.41, 5.74) is 10.1. The molecule has 80 heavy (non-hydrogen) atoms. The van der Waals surface area contributed by atoms with Crippen LogP contribution in [0.2, 0.25) is 0 Å². The molecular formula is C60H61N9O9S2. The van der Waals surface area contributed by atoms with Crippen molar-refractivity contribution in [2.75, 3.05) is 19.7 Å². The van der Waals surface area contributed by atoms with Crippen LogP contribution >= 0.6 is 22.7 Å². The molecule has 0 aliphatic carbocycles. The number of aryl methyl sites for hydroxylation is 3. The number of fused-ring (bicyclic) bond motifs is 4. The first kappa shape index (κ1) is 55.0. The van der Waals surface area contributed by atoms with Crippen LogP contribution < -0.4 is 20.7 Å². The summed E-state index contributed by atoms with van der Waals surface area (Å²) in [5.74, 6) is -1.17. The number of furan rings is 1. The molecule has 0 spiro atoms. The molecule has 8 aromatic rings. The summed E-state index contributed by atoms with van der Waals surface area (Å²) >= 11 is 3.17. The Bertz CT molecular complexity index is 3700. The number of benzene rings is 4. The molecule has 4 amide bonds. The van der Waals surface area contributed by atoms with Gasteiger partial charge in [-0.15, -0.1) is 32.9 Å². The number of nitrogens with one attached hydrogen (secondary N) is 3. The standard InChI is InChI=1S/C60H61N9O9S2/c1-31-34(4)80-59-50(31)51(64-45(28-49(71)72)54-67-66-35(5)69(54)59)39-15-11-37(12-16-39)38-13-19-41(20-14-38)55(73)61-23-24-77-44-21-22-47-42(25-44)26-48(78-47)57(75)65-53(60(6,7)8)58(76)68-29-43(70)27-46(68)56(74)63-32(2)36-9-17-40(18-10-36)52-33(3)62-30-79-52/h9-22,25-26,30,32,43,45-46,53,70H,23-24,27-29H2,1-8H3,(H,61,73)(H,63,74)(H,65,75)(H,71,72)/t32?,43-,45+,46+,53?/m1/s1. The molecule has 0 radical (unpaired) electrons. The Balaban J connectivity index is 0.728. The molecule has 0 bridgehead atoms. The lowest BCUT2D eigenvalue weighted by molar-refractivity contribution is -0.142. The number of carboxylic acid groups (broad SMARTS) is 1. The number of thiazole rings is 1. The minimum Gasteiger partial charge on any atom is -0.492 e. The summed E-state index contributed by atoms with van der Waals surface area (Å²) in [5, 5.41) is 39.5. The third kappa shape index (κ3) is 11.3. The number of ether oxygens (including phenoxy) is 1. The van der Waals surface area contributed by atoms with Gasteiger partial charge in [-0.05, 0) is 104 Å². The van der Waals surface area contributed by atoms with Gasteiger partial charge in [-0.1, -0.05) is 81.4 Å². The van der Waals surface area contributed by atoms with Gasteiger partial charge >= 0.3 is 5.97 Å². The van der Waals surface area contributed by atoms with E-state index in [1.54, 1.807) is 59.1 Å². The van der Waals surface area contributed by atoms with Crippen molar-refractivity contribution >= 4 is 69.0 Å². The van der Waals surface area contributed by atoms with Crippen molar-refractivity contribution in [3.8, 4) is 32.3 Å². The zero-order valence-electron chi connectivity index (χ0n) is 45.5. The molecule has 4 aromatic carbocycles. The Hall–Kier alpha value is -8.33. The molecule has 10 rings (SSSR count). The second-order valence-corrected chi connectivity index (χ2v) is 23.4. The highest BCUT2D eigenvalue weighted by Crippen LogP contribution is 2.40. The third-order valence-corrected chi connectivity index (χ3v) is 16.8. The molecule has 2 aliphatic rings. The maximum Gasteiger partial charge on any atom is 0.306 e. The molecule has 2 aliphatic heterocycles. The summed E-state index contributed by atoms with van der Waals surface area (Å²) in [6.07, 6.45) is -1.10. The van der Waals surface area contributed by atoms with Crippen LogP contribution in [0.5, 0.6) is 5.75 Å². The first-order valence-electron chi connectivity index (χ1n) is 26.3. The molecule has 5 N–H and O–H groups in total. The number of carbonyl (C=O) groups is 5. The number of rotatable bonds is 16. The van der Waals surface area contributed by atoms with E-state index in [1.807, 2.05) is 119 Å². The highest BCUT2D eigenvalue weighted by atomic mass is 32.1. The number of aliphatic hydroxyl groups excluding tert-OH is 1. The van der Waals surface area contributed by atoms with Crippen molar-refractivity contribution < 1.29 is 43.3 Å². The van der Waals surface area contributed by atoms with Gasteiger partial charge in [-0.25, -0.2) is 4.98 Å². The molecule has 18 nitrogen and oxygen atoms in total. The molecule has 1 fully saturated rings. The summed E-state index contributed by atoms with van der Waals surface area (Å²) in [6, 6.07) is 26.6. The van der Waals surface area contributed by atoms with Gasteiger partial charge in [-0.2, -0.15) is 0 Å². The Morgan fingerprint density at radius 1 is 0.850 bits per heavy atom. The lowest BCUT2D eigenvalue weighted by atomic mass is 9.85. The molecule has 6 heterocycles. The Kier molecular flexibility index (Phi) is 15.4. The van der Waals surface area contributed by atoms with E-state index >= 15 is 0 Å². The van der Waals surface area contributed by atoms with Crippen molar-refractivity contribution in [1.29, 1.82) is 0 Å². The molecule has 1 saturated heterocycles. The van der Waals surface area contributed by atoms with E-state index < -0.39 is 53.3 Å². The fourth-order valence-electron chi connectivity index (χ4n) is 10.2. The van der Waals surface area contributed by atoms with Crippen LogP contribution in [0.15, 0.2) is 112 Å². The number of hydrogen-bond donors (Lipinski definition) is 5. The van der Waals surface area contributed by atoms with E-state index in [-0.39, 0.29) is 50.2 Å². The van der Waals surface area contributed by atoms with Crippen molar-refractivity contribution in [1.82, 2.24) is 40.6 Å². The summed E-state index contributed by atoms with van der Waals surface area (Å²) in [4.78, 5) is 80.1. The number of β-amino-alcohol motifs (C(OH)–C–C–N with tert-alkyl or cyclic N) is 1. The van der Waals surface area contributed by atoms with E-state index in [4.69, 9.17) is 14.1 Å². The molecule has 412 valence electrons. The zero-order chi connectivity index (χ0) is 56.7. The van der Waals surface area contributed by atoms with Gasteiger partial charge in [0.1, 0.15) is 46.9 Å². The summed E-state index contributed by atoms with van der Waals surface area (Å²) in [7, 11) is 0. The van der Waals surface area contributed by atoms with E-state index in [1.165, 1.54) is 4.90 Å². The SMILES string of the molecule is Cc1ncsc1-c1ccc(C(C)NC(=O)[C@@H]2C[C@@H](O)CN2C(=O)C(NC(=O)c2cc3cc(OCCNC(=O)c4ccc(-c5ccc(C6=N[C@@H](CC(=O)O)c7nnc(C)n7-c7sc(C)c(C)c76)cc5)cc4)ccc3o2)C(C)(C)C)cc1. The number of nitrogens with zero attached hydrogens (tertiary/aromatic N) is 6. The van der Waals surface area contributed by atoms with E-state index in [0.29, 0.717) is 39.6 Å². The maximum atomic E-state index is 14.4. The number of thiophene rings is 1. The second-order valence-electron chi connectivity index (χ2n) is 21.4. The highest BCUT2D eigenvalue weighted by molar-refractivity contribution is 7.15. The first-order chi connectivity index (χ1) is 38.2. The van der Waals surface area contributed by atoms with Gasteiger partial charge in [0, 0.05) is 39.9 Å². The normalized spacial score (nSPS) is 16.7. The Morgan fingerprint density at radius 3 is 2.21 bits per heavy atom. The van der Waals surface area contributed by atoms with Gasteiger partial charge in [0.25, 0.3) is 11.8 Å². The zero-order valence-corrected chi connectivity index (χ0v) is 47.1. The van der Waals surface area contributed by atoms with Crippen LogP contribution in [-0.4, -0.2) is 108 Å². The molecule has 0 saturated carbocycles. The largest absolute Gasteiger partial charge is 0.492 e. The quantitative estimate of drug-likeness (QED) is 0.0569. The smallest absolute Gasteiger partial charge is 0.306 e. The van der Waals surface area contributed by atoms with Crippen molar-refractivity contribution in [3.63, 3.8) is 0 Å². The Labute approximate surface area is 470 Å². The average Bonchev–Trinajstić information content (AvgIpc) is 4.35. The van der Waals surface area contributed by atoms with Crippen LogP contribution in [0.1, 0.15) is 118 Å². The van der Waals surface area contributed by atoms with E-state index in [9.17, 15) is 34.2 Å². The molecular weight excluding hydrogens is 1050 g/mol. The number of aliphatic imine (C=N–C) groups is 1. The maximum absolute atomic E-state index is 14.4. The van der Waals surface area contributed by atoms with Crippen LogP contribution in [0.4, 0.5) is 0 Å². The summed E-state index contributed by atoms with van der Waals surface area (Å²) in [6.45, 7) is 15.5. The highest BCUT2D eigenvalue weighted by Gasteiger charge is 2.45. The lowest BCUT2D eigenvalue weighted by Crippen LogP contribution is -2.57. The number of carbonyl (C=O) groups excluding carboxylic acids is 4. The molecule has 2 unspecified atom stereocenters. The van der Waals surface area contributed by atoms with Gasteiger partial charge in [0.15, 0.2) is 11.6 Å². The number of carboxylic acids is 1. The van der Waals surface area contributed by atoms with Crippen LogP contribution in [0.3, 0.4) is 0 Å². The lowest BCUT2D eigenvalue weighted by Gasteiger charge is -2.35. The third-order valence-electron chi connectivity index (χ3n) is 14.6. The van der Waals surface area contributed by atoms with Crippen molar-refractivity contribution in [2.45, 2.75) is 98.5 Å². The minimum absolute atomic E-state index is 0.0296. The summed E-state index contributed by atoms with van der Waals surface area (Å²) < 4.78 is 13.8. The van der Waals surface area contributed by atoms with Crippen molar-refractivity contribution in [2.24, 2.45) is 10.4 Å². The fraction of sp³-hybridized carbons (Fsp3) is 0.317. The van der Waals surface area contributed by atoms with Crippen LogP contribution in [-0.2, 0) is 14.4 Å². The predicted octanol–water partition coefficient (Wildman–Crippen LogP) is 9.26. The number of aliphatic carboxylic acids is 1. The second kappa shape index (κ2) is 22.4. The van der Waals surface area contributed by atoms with Gasteiger partial charge in [-0.3, -0.25) is 33.5 Å². The van der Waals surface area contributed by atoms with Crippen molar-refractivity contribution in [3.05, 3.63) is 158 Å². The van der Waals surface area contributed by atoms with Crippen LogP contribution in [0.25, 0.3) is 37.5 Å². The average molecular weight is 1120 g/mol. The van der Waals surface area contributed by atoms with E-state index in [0.717, 1.165) is 59.4 Å². The monoisotopic (exact) mass is 1120 g/mol. The fourth-order valence-corrected chi connectivity index (χ4v) is 12.2. The minimum atomic E-state index is -1.08. The van der Waals surface area contributed by atoms with Gasteiger partial charge in [0.2, 0.25) is 11.8 Å². The molecule has 4 aromatic heterocycles. The topological polar surface area (TPSA) is 243 Å². The number of aliphatic hydroxyl groups is 1. The van der Waals surface area contributed by atoms with Gasteiger partial charge in [0.05, 0.1) is 46.9 Å².